The molecule has 0 fully saturated rings. The molecule has 8 aromatic heterocycles. The fourth-order valence-corrected chi connectivity index (χ4v) is 3.82. The Bertz CT molecular complexity index is 3530. The quantitative estimate of drug-likeness (QED) is 0.0685. The summed E-state index contributed by atoms with van der Waals surface area (Å²) in [5, 5.41) is 0. The Labute approximate surface area is 650 Å². The van der Waals surface area contributed by atoms with Crippen LogP contribution in [0.5, 0.6) is 0 Å². The van der Waals surface area contributed by atoms with Crippen LogP contribution in [0.1, 0.15) is 0 Å². The zero-order valence-corrected chi connectivity index (χ0v) is 65.6. The molecule has 0 bridgehead atoms. The van der Waals surface area contributed by atoms with Crippen molar-refractivity contribution >= 4 is 83.5 Å². The van der Waals surface area contributed by atoms with Crippen molar-refractivity contribution in [1.29, 1.82) is 0 Å². The maximum absolute atomic E-state index is 10.7. The number of rotatable bonds is 4. The van der Waals surface area contributed by atoms with Gasteiger partial charge in [0.15, 0.2) is 60.7 Å². The fourth-order valence-electron chi connectivity index (χ4n) is 3.82. The second-order valence-corrected chi connectivity index (χ2v) is 26.1. The third-order valence-electron chi connectivity index (χ3n) is 8.68. The second kappa shape index (κ2) is 58.0. The fraction of sp³-hybridized carbons (Fsp3) is 0.259. The van der Waals surface area contributed by atoms with Crippen LogP contribution in [-0.2, 0) is 105 Å². The van der Waals surface area contributed by atoms with Gasteiger partial charge in [0.2, 0.25) is 0 Å². The van der Waals surface area contributed by atoms with Crippen LogP contribution in [-0.4, -0.2) is 207 Å². The minimum absolute atomic E-state index is 0. The van der Waals surface area contributed by atoms with Crippen LogP contribution in [0.15, 0.2) is 220 Å². The van der Waals surface area contributed by atoms with Crippen molar-refractivity contribution in [1.82, 2.24) is 39.9 Å². The largest absolute Gasteiger partial charge is 3.00 e. The van der Waals surface area contributed by atoms with E-state index in [-0.39, 0.29) is 44.8 Å². The SMILES string of the molecule is CN(C)c1ccncc1.CN(C)c1ccncc1.CN(C)c1ccncc1.CN(C)c1ccncc1.O=S(=O)([O-])C(F)(F)F.O=S(=O)([O-])C(F)(F)F.O=S(=O)([O-])C(F)(F)F.O=S(=O)([O-])C(F)(F)F.O=S(=O)([O-])C(F)(F)F.O=S(=O)([O-])C(F)(F)F.[Au+3].[Au+3].c1ccncc1.c1ccncc1.c1ccncc1.c1ccncc1. The van der Waals surface area contributed by atoms with E-state index < -0.39 is 93.8 Å². The summed E-state index contributed by atoms with van der Waals surface area (Å²) in [5.41, 5.74) is -29.1. The predicted molar refractivity (Wildman–Crippen MR) is 346 cm³/mol. The van der Waals surface area contributed by atoms with Gasteiger partial charge in [-0.25, -0.2) is 50.5 Å². The Balaban J connectivity index is -0.000000170. The first kappa shape index (κ1) is 118. The van der Waals surface area contributed by atoms with Crippen LogP contribution < -0.4 is 19.6 Å². The average Bonchev–Trinajstić information content (AvgIpc) is 0.892. The molecule has 0 aliphatic carbocycles. The van der Waals surface area contributed by atoms with Gasteiger partial charge in [0, 0.05) is 178 Å². The molecule has 8 heterocycles. The number of halogens is 18. The molecule has 0 N–H and O–H groups in total. The molecule has 0 radical (unpaired) electrons. The van der Waals surface area contributed by atoms with Gasteiger partial charge >= 0.3 is 77.8 Å². The molecule has 0 atom stereocenters. The molecule has 0 unspecified atom stereocenters. The summed E-state index contributed by atoms with van der Waals surface area (Å²) >= 11 is 0. The maximum Gasteiger partial charge on any atom is 3.00 e. The summed E-state index contributed by atoms with van der Waals surface area (Å²) in [7, 11) is -20.5. The molecule has 56 heteroatoms. The number of nitrogens with zero attached hydrogens (tertiary/aromatic N) is 12. The van der Waals surface area contributed by atoms with Crippen LogP contribution in [0, 0.1) is 0 Å². The number of hydrogen-bond donors (Lipinski definition) is 0. The van der Waals surface area contributed by atoms with E-state index in [0.717, 1.165) is 0 Å². The van der Waals surface area contributed by atoms with E-state index in [2.05, 4.69) is 39.9 Å². The summed E-state index contributed by atoms with van der Waals surface area (Å²) in [6.07, 6.45) is 28.3. The normalized spacial score (nSPS) is 10.8. The van der Waals surface area contributed by atoms with E-state index in [4.69, 9.17) is 77.8 Å². The van der Waals surface area contributed by atoms with Gasteiger partial charge in [-0.15, -0.1) is 0 Å². The standard InChI is InChI=1S/4C7H10N2.4C5H5N.6CHF3O3S.2Au/c4*1-9(2)7-3-5-8-6-4-7;4*1-2-4-6-5-3-1;6*2-1(3,4)8(5,6)7;;/h4*3-6H,1-2H3;4*1-5H;6*(H,5,6,7);;/q;;;;;;;;;;;;;;2*+3/p-6. The minimum Gasteiger partial charge on any atom is -0.741 e. The van der Waals surface area contributed by atoms with Gasteiger partial charge in [0.05, 0.1) is 0 Å². The topological polar surface area (TPSA) is 459 Å². The smallest absolute Gasteiger partial charge is 0.741 e. The molecule has 8 rings (SSSR count). The Morgan fingerprint density at radius 3 is 0.327 bits per heavy atom. The molecule has 30 nitrogen and oxygen atoms in total. The van der Waals surface area contributed by atoms with E-state index in [9.17, 15) is 79.0 Å². The van der Waals surface area contributed by atoms with E-state index in [1.807, 2.05) is 197 Å². The van der Waals surface area contributed by atoms with Crippen LogP contribution in [0.3, 0.4) is 0 Å². The van der Waals surface area contributed by atoms with Crippen molar-refractivity contribution < 1.29 is 202 Å². The van der Waals surface area contributed by atoms with Gasteiger partial charge in [0.1, 0.15) is 0 Å². The number of anilines is 4. The van der Waals surface area contributed by atoms with Crippen LogP contribution in [0.2, 0.25) is 0 Å². The van der Waals surface area contributed by atoms with Crippen molar-refractivity contribution in [2.24, 2.45) is 0 Å². The molecule has 0 saturated heterocycles. The second-order valence-electron chi connectivity index (χ2n) is 17.9. The molecule has 0 aliphatic heterocycles. The van der Waals surface area contributed by atoms with Crippen LogP contribution in [0.4, 0.5) is 102 Å². The Hall–Kier alpha value is -7.92. The zero-order chi connectivity index (χ0) is 85.7. The molecule has 0 aromatic carbocycles. The molecule has 0 aliphatic rings. The van der Waals surface area contributed by atoms with E-state index in [1.54, 1.807) is 99.1 Å². The Morgan fingerprint density at radius 1 is 0.209 bits per heavy atom. The summed E-state index contributed by atoms with van der Waals surface area (Å²) in [6, 6.07) is 38.6. The molecule has 0 amide bonds. The van der Waals surface area contributed by atoms with E-state index >= 15 is 0 Å². The number of alkyl halides is 18. The molecule has 628 valence electrons. The van der Waals surface area contributed by atoms with Crippen molar-refractivity contribution in [3.05, 3.63) is 220 Å². The first-order valence-electron chi connectivity index (χ1n) is 26.5. The average molecular weight is 2090 g/mol. The van der Waals surface area contributed by atoms with Gasteiger partial charge in [-0.1, -0.05) is 24.3 Å². The van der Waals surface area contributed by atoms with Gasteiger partial charge in [0.25, 0.3) is 0 Å². The number of pyridine rings is 8. The summed E-state index contributed by atoms with van der Waals surface area (Å²) in [6.45, 7) is 0. The first-order valence-corrected chi connectivity index (χ1v) is 35.0. The zero-order valence-electron chi connectivity index (χ0n) is 56.4. The van der Waals surface area contributed by atoms with Crippen molar-refractivity contribution in [2.75, 3.05) is 76.0 Å². The molecular weight excluding hydrogens is 2030 g/mol. The summed E-state index contributed by atoms with van der Waals surface area (Å²) in [5.74, 6) is 0. The van der Waals surface area contributed by atoms with Gasteiger partial charge in [-0.3, -0.25) is 39.9 Å². The van der Waals surface area contributed by atoms with Crippen LogP contribution in [0.25, 0.3) is 0 Å². The van der Waals surface area contributed by atoms with E-state index in [1.165, 1.54) is 22.7 Å². The summed E-state index contributed by atoms with van der Waals surface area (Å²) in [4.78, 5) is 38.9. The molecule has 8 aromatic rings. The van der Waals surface area contributed by atoms with Gasteiger partial charge < -0.3 is 46.9 Å². The predicted octanol–water partition coefficient (Wildman–Crippen LogP) is 9.22. The molecule has 0 spiro atoms. The van der Waals surface area contributed by atoms with Crippen molar-refractivity contribution in [3.63, 3.8) is 0 Å². The van der Waals surface area contributed by atoms with Crippen LogP contribution >= 0.6 is 0 Å². The number of aromatic nitrogens is 8. The van der Waals surface area contributed by atoms with Crippen molar-refractivity contribution in [3.8, 4) is 0 Å². The van der Waals surface area contributed by atoms with E-state index in [0.29, 0.717) is 0 Å². The minimum atomic E-state index is -6.09. The summed E-state index contributed by atoms with van der Waals surface area (Å²) < 4.78 is 353. The molecular formula is C54H60Au2F18N12O18S6. The maximum atomic E-state index is 10.7. The Kier molecular flexibility index (Phi) is 62.2. The number of hydrogen-bond acceptors (Lipinski definition) is 30. The third-order valence-corrected chi connectivity index (χ3v) is 12.1. The van der Waals surface area contributed by atoms with Crippen molar-refractivity contribution in [2.45, 2.75) is 33.0 Å². The monoisotopic (exact) mass is 2090 g/mol. The molecule has 0 saturated carbocycles. The first-order chi connectivity index (χ1) is 48.7. The Morgan fingerprint density at radius 2 is 0.291 bits per heavy atom. The third kappa shape index (κ3) is 70.5. The van der Waals surface area contributed by atoms with Gasteiger partial charge in [-0.2, -0.15) is 79.0 Å². The van der Waals surface area contributed by atoms with Gasteiger partial charge in [-0.05, 0) is 97.1 Å². The molecule has 110 heavy (non-hydrogen) atoms.